The Morgan fingerprint density at radius 2 is 2.00 bits per heavy atom. The summed E-state index contributed by atoms with van der Waals surface area (Å²) in [5.41, 5.74) is 0.578. The van der Waals surface area contributed by atoms with Crippen molar-refractivity contribution in [2.45, 2.75) is 24.5 Å². The molecule has 0 aromatic heterocycles. The molecule has 3 nitrogen and oxygen atoms in total. The van der Waals surface area contributed by atoms with Crippen molar-refractivity contribution in [2.75, 3.05) is 13.1 Å². The lowest BCUT2D eigenvalue weighted by atomic mass is 9.85. The van der Waals surface area contributed by atoms with Gasteiger partial charge in [-0.2, -0.15) is 0 Å². The summed E-state index contributed by atoms with van der Waals surface area (Å²) >= 11 is 0. The summed E-state index contributed by atoms with van der Waals surface area (Å²) in [6, 6.07) is 7.79. The summed E-state index contributed by atoms with van der Waals surface area (Å²) in [5.74, 6) is 0.854. The molecule has 3 heteroatoms. The highest BCUT2D eigenvalue weighted by Crippen LogP contribution is 2.47. The van der Waals surface area contributed by atoms with Crippen molar-refractivity contribution in [3.05, 3.63) is 29.8 Å². The SMILES string of the molecule is OC1c2ccccc2OC12CCNCC2. The number of piperidine rings is 1. The lowest BCUT2D eigenvalue weighted by molar-refractivity contribution is -0.0484. The van der Waals surface area contributed by atoms with Crippen molar-refractivity contribution < 1.29 is 9.84 Å². The van der Waals surface area contributed by atoms with Gasteiger partial charge in [-0.25, -0.2) is 0 Å². The van der Waals surface area contributed by atoms with Gasteiger partial charge in [-0.3, -0.25) is 0 Å². The molecule has 1 saturated heterocycles. The fourth-order valence-corrected chi connectivity index (χ4v) is 2.58. The van der Waals surface area contributed by atoms with Gasteiger partial charge in [0.05, 0.1) is 0 Å². The van der Waals surface area contributed by atoms with Gasteiger partial charge in [0.15, 0.2) is 0 Å². The van der Waals surface area contributed by atoms with Crippen LogP contribution in [0.25, 0.3) is 0 Å². The molecule has 0 amide bonds. The zero-order valence-corrected chi connectivity index (χ0v) is 8.57. The first-order valence-corrected chi connectivity index (χ1v) is 5.49. The molecule has 0 bridgehead atoms. The van der Waals surface area contributed by atoms with Crippen molar-refractivity contribution in [3.8, 4) is 5.75 Å². The van der Waals surface area contributed by atoms with Crippen LogP contribution in [0.5, 0.6) is 5.75 Å². The minimum Gasteiger partial charge on any atom is -0.484 e. The number of hydrogen-bond acceptors (Lipinski definition) is 3. The van der Waals surface area contributed by atoms with Crippen LogP contribution in [0.2, 0.25) is 0 Å². The van der Waals surface area contributed by atoms with E-state index in [1.54, 1.807) is 0 Å². The van der Waals surface area contributed by atoms with Crippen LogP contribution in [-0.2, 0) is 0 Å². The second kappa shape index (κ2) is 3.22. The molecule has 80 valence electrons. The third-order valence-electron chi connectivity index (χ3n) is 3.48. The molecular weight excluding hydrogens is 190 g/mol. The summed E-state index contributed by atoms with van der Waals surface area (Å²) < 4.78 is 5.96. The molecule has 0 radical (unpaired) electrons. The molecule has 15 heavy (non-hydrogen) atoms. The van der Waals surface area contributed by atoms with Crippen LogP contribution in [0.15, 0.2) is 24.3 Å². The van der Waals surface area contributed by atoms with E-state index in [0.717, 1.165) is 37.2 Å². The molecule has 2 heterocycles. The number of aliphatic hydroxyl groups excluding tert-OH is 1. The van der Waals surface area contributed by atoms with Gasteiger partial charge < -0.3 is 15.2 Å². The molecule has 1 spiro atoms. The van der Waals surface area contributed by atoms with Crippen LogP contribution >= 0.6 is 0 Å². The molecule has 1 unspecified atom stereocenters. The van der Waals surface area contributed by atoms with Crippen LogP contribution in [0.1, 0.15) is 24.5 Å². The van der Waals surface area contributed by atoms with Gasteiger partial charge in [0.1, 0.15) is 17.5 Å². The highest BCUT2D eigenvalue weighted by Gasteiger charge is 2.47. The van der Waals surface area contributed by atoms with Crippen molar-refractivity contribution in [1.82, 2.24) is 5.32 Å². The molecule has 2 aliphatic rings. The quantitative estimate of drug-likeness (QED) is 0.669. The lowest BCUT2D eigenvalue weighted by Gasteiger charge is -2.35. The van der Waals surface area contributed by atoms with Crippen LogP contribution in [0.3, 0.4) is 0 Å². The number of para-hydroxylation sites is 1. The Bertz CT molecular complexity index is 372. The van der Waals surface area contributed by atoms with Crippen LogP contribution in [0.4, 0.5) is 0 Å². The van der Waals surface area contributed by atoms with E-state index in [0.29, 0.717) is 0 Å². The Balaban J connectivity index is 1.98. The largest absolute Gasteiger partial charge is 0.484 e. The molecule has 1 atom stereocenters. The maximum atomic E-state index is 10.3. The van der Waals surface area contributed by atoms with Gasteiger partial charge in [0, 0.05) is 18.4 Å². The fourth-order valence-electron chi connectivity index (χ4n) is 2.58. The maximum absolute atomic E-state index is 10.3. The topological polar surface area (TPSA) is 41.5 Å². The minimum atomic E-state index is -0.462. The number of aliphatic hydroxyl groups is 1. The standard InChI is InChI=1S/C12H15NO2/c14-11-9-3-1-2-4-10(9)15-12(11)5-7-13-8-6-12/h1-4,11,13-14H,5-8H2. The molecule has 1 aromatic carbocycles. The van der Waals surface area contributed by atoms with E-state index in [4.69, 9.17) is 4.74 Å². The summed E-state index contributed by atoms with van der Waals surface area (Å²) in [7, 11) is 0. The third-order valence-corrected chi connectivity index (χ3v) is 3.48. The highest BCUT2D eigenvalue weighted by molar-refractivity contribution is 5.41. The first-order valence-electron chi connectivity index (χ1n) is 5.49. The molecule has 0 saturated carbocycles. The molecule has 3 rings (SSSR count). The van der Waals surface area contributed by atoms with Crippen LogP contribution < -0.4 is 10.1 Å². The van der Waals surface area contributed by atoms with Gasteiger partial charge in [-0.05, 0) is 19.2 Å². The van der Waals surface area contributed by atoms with E-state index in [1.165, 1.54) is 0 Å². The van der Waals surface area contributed by atoms with Gasteiger partial charge in [-0.1, -0.05) is 18.2 Å². The number of benzene rings is 1. The molecular formula is C12H15NO2. The van der Waals surface area contributed by atoms with E-state index in [1.807, 2.05) is 24.3 Å². The van der Waals surface area contributed by atoms with Gasteiger partial charge in [-0.15, -0.1) is 0 Å². The van der Waals surface area contributed by atoms with Crippen molar-refractivity contribution >= 4 is 0 Å². The van der Waals surface area contributed by atoms with Crippen molar-refractivity contribution in [3.63, 3.8) is 0 Å². The van der Waals surface area contributed by atoms with E-state index in [2.05, 4.69) is 5.32 Å². The first kappa shape index (κ1) is 9.19. The van der Waals surface area contributed by atoms with Crippen molar-refractivity contribution in [2.24, 2.45) is 0 Å². The van der Waals surface area contributed by atoms with Crippen molar-refractivity contribution in [1.29, 1.82) is 0 Å². The fraction of sp³-hybridized carbons (Fsp3) is 0.500. The summed E-state index contributed by atoms with van der Waals surface area (Å²) in [5, 5.41) is 13.6. The number of nitrogens with one attached hydrogen (secondary N) is 1. The highest BCUT2D eigenvalue weighted by atomic mass is 16.5. The Kier molecular flexibility index (Phi) is 1.97. The zero-order valence-electron chi connectivity index (χ0n) is 8.57. The Hall–Kier alpha value is -1.06. The van der Waals surface area contributed by atoms with E-state index >= 15 is 0 Å². The van der Waals surface area contributed by atoms with Gasteiger partial charge >= 0.3 is 0 Å². The van der Waals surface area contributed by atoms with E-state index in [9.17, 15) is 5.11 Å². The van der Waals surface area contributed by atoms with Crippen LogP contribution in [0, 0.1) is 0 Å². The summed E-state index contributed by atoms with van der Waals surface area (Å²) in [6.45, 7) is 1.84. The Labute approximate surface area is 89.1 Å². The zero-order chi connectivity index (χ0) is 10.3. The first-order chi connectivity index (χ1) is 7.32. The average molecular weight is 205 g/mol. The molecule has 1 fully saturated rings. The molecule has 2 aliphatic heterocycles. The normalized spacial score (nSPS) is 27.4. The second-order valence-corrected chi connectivity index (χ2v) is 4.36. The smallest absolute Gasteiger partial charge is 0.141 e. The second-order valence-electron chi connectivity index (χ2n) is 4.36. The van der Waals surface area contributed by atoms with E-state index < -0.39 is 6.10 Å². The van der Waals surface area contributed by atoms with Gasteiger partial charge in [0.25, 0.3) is 0 Å². The minimum absolute atomic E-state index is 0.366. The lowest BCUT2D eigenvalue weighted by Crippen LogP contribution is -2.47. The molecule has 0 aliphatic carbocycles. The molecule has 1 aromatic rings. The molecule has 2 N–H and O–H groups in total. The summed E-state index contributed by atoms with van der Waals surface area (Å²) in [6.07, 6.45) is 1.29. The van der Waals surface area contributed by atoms with Crippen LogP contribution in [-0.4, -0.2) is 23.8 Å². The Morgan fingerprint density at radius 3 is 2.73 bits per heavy atom. The predicted octanol–water partition coefficient (Wildman–Crippen LogP) is 1.23. The van der Waals surface area contributed by atoms with Gasteiger partial charge in [0.2, 0.25) is 0 Å². The summed E-state index contributed by atoms with van der Waals surface area (Å²) in [4.78, 5) is 0. The predicted molar refractivity (Wildman–Crippen MR) is 56.9 cm³/mol. The number of hydrogen-bond donors (Lipinski definition) is 2. The monoisotopic (exact) mass is 205 g/mol. The third kappa shape index (κ3) is 1.27. The maximum Gasteiger partial charge on any atom is 0.141 e. The average Bonchev–Trinajstić information content (AvgIpc) is 2.54. The van der Waals surface area contributed by atoms with E-state index in [-0.39, 0.29) is 5.60 Å². The number of ether oxygens (including phenoxy) is 1. The number of rotatable bonds is 0. The Morgan fingerprint density at radius 1 is 1.27 bits per heavy atom. The number of fused-ring (bicyclic) bond motifs is 1.